The highest BCUT2D eigenvalue weighted by Gasteiger charge is 2.32. The number of hydrogen-bond acceptors (Lipinski definition) is 3. The first-order chi connectivity index (χ1) is 18.8. The number of nitrogens with zero attached hydrogens (tertiary/aromatic N) is 1. The van der Waals surface area contributed by atoms with Crippen LogP contribution in [0.2, 0.25) is 0 Å². The lowest BCUT2D eigenvalue weighted by molar-refractivity contribution is -0.143. The van der Waals surface area contributed by atoms with Gasteiger partial charge in [-0.3, -0.25) is 9.59 Å². The lowest BCUT2D eigenvalue weighted by atomic mass is 10.0. The first-order valence-electron chi connectivity index (χ1n) is 13.6. The summed E-state index contributed by atoms with van der Waals surface area (Å²) in [5, 5.41) is 3.19. The standard InChI is InChI=1S/C32H36BrFN2O3/c1-22(2)25-14-17-30(28(33)19-25)39-21-31(37)36(20-24-12-15-26(34)16-13-24)29(18-23-8-4-3-5-9-23)32(38)35-27-10-6-7-11-27/h3-5,8-9,12-17,19,22,27,29H,6-7,10-11,18,20-21H2,1-2H3,(H,35,38)/t29-/m0/s1. The van der Waals surface area contributed by atoms with Crippen molar-refractivity contribution in [2.24, 2.45) is 0 Å². The number of carbonyl (C=O) groups is 2. The Morgan fingerprint density at radius 2 is 1.69 bits per heavy atom. The Kier molecular flexibility index (Phi) is 10.2. The van der Waals surface area contributed by atoms with Gasteiger partial charge in [0.05, 0.1) is 4.47 Å². The van der Waals surface area contributed by atoms with Crippen LogP contribution in [-0.2, 0) is 22.6 Å². The number of halogens is 2. The molecule has 7 heteroatoms. The third-order valence-electron chi connectivity index (χ3n) is 7.21. The van der Waals surface area contributed by atoms with Crippen LogP contribution in [0.15, 0.2) is 77.3 Å². The fourth-order valence-electron chi connectivity index (χ4n) is 4.92. The number of nitrogens with one attached hydrogen (secondary N) is 1. The van der Waals surface area contributed by atoms with Crippen LogP contribution in [-0.4, -0.2) is 35.4 Å². The van der Waals surface area contributed by atoms with E-state index in [2.05, 4.69) is 35.1 Å². The topological polar surface area (TPSA) is 58.6 Å². The van der Waals surface area contributed by atoms with Crippen molar-refractivity contribution >= 4 is 27.7 Å². The molecule has 0 radical (unpaired) electrons. The SMILES string of the molecule is CC(C)c1ccc(OCC(=O)N(Cc2ccc(F)cc2)[C@@H](Cc2ccccc2)C(=O)NC2CCCC2)c(Br)c1. The molecule has 5 nitrogen and oxygen atoms in total. The maximum absolute atomic E-state index is 13.8. The van der Waals surface area contributed by atoms with Crippen LogP contribution in [0, 0.1) is 5.82 Å². The number of amides is 2. The van der Waals surface area contributed by atoms with Crippen LogP contribution in [0.1, 0.15) is 62.1 Å². The summed E-state index contributed by atoms with van der Waals surface area (Å²) in [4.78, 5) is 29.1. The molecule has 0 heterocycles. The van der Waals surface area contributed by atoms with Crippen molar-refractivity contribution in [3.05, 3.63) is 99.8 Å². The molecule has 1 saturated carbocycles. The third kappa shape index (κ3) is 8.15. The van der Waals surface area contributed by atoms with E-state index in [1.807, 2.05) is 48.5 Å². The summed E-state index contributed by atoms with van der Waals surface area (Å²) in [5.74, 6) is 0.0737. The maximum Gasteiger partial charge on any atom is 0.261 e. The van der Waals surface area contributed by atoms with Crippen LogP contribution in [0.25, 0.3) is 0 Å². The van der Waals surface area contributed by atoms with E-state index >= 15 is 0 Å². The average Bonchev–Trinajstić information content (AvgIpc) is 3.44. The Morgan fingerprint density at radius 1 is 1.00 bits per heavy atom. The van der Waals surface area contributed by atoms with Gasteiger partial charge in [0.15, 0.2) is 6.61 Å². The maximum atomic E-state index is 13.8. The van der Waals surface area contributed by atoms with Gasteiger partial charge in [-0.15, -0.1) is 0 Å². The Labute approximate surface area is 238 Å². The van der Waals surface area contributed by atoms with E-state index in [0.29, 0.717) is 18.1 Å². The lowest BCUT2D eigenvalue weighted by Crippen LogP contribution is -2.53. The van der Waals surface area contributed by atoms with Crippen LogP contribution in [0.5, 0.6) is 5.75 Å². The van der Waals surface area contributed by atoms with Crippen molar-refractivity contribution in [3.63, 3.8) is 0 Å². The molecule has 0 spiro atoms. The van der Waals surface area contributed by atoms with E-state index < -0.39 is 6.04 Å². The van der Waals surface area contributed by atoms with Crippen LogP contribution >= 0.6 is 15.9 Å². The molecule has 2 amide bonds. The molecule has 1 aliphatic carbocycles. The molecular weight excluding hydrogens is 559 g/mol. The number of hydrogen-bond donors (Lipinski definition) is 1. The van der Waals surface area contributed by atoms with Gasteiger partial charge in [0.1, 0.15) is 17.6 Å². The Bertz CT molecular complexity index is 1240. The van der Waals surface area contributed by atoms with E-state index in [1.165, 1.54) is 12.1 Å². The van der Waals surface area contributed by atoms with Gasteiger partial charge in [-0.25, -0.2) is 4.39 Å². The summed E-state index contributed by atoms with van der Waals surface area (Å²) in [5.41, 5.74) is 2.85. The molecule has 0 bridgehead atoms. The molecule has 0 unspecified atom stereocenters. The Balaban J connectivity index is 1.60. The largest absolute Gasteiger partial charge is 0.483 e. The summed E-state index contributed by atoms with van der Waals surface area (Å²) in [6, 6.07) is 20.9. The highest BCUT2D eigenvalue weighted by Crippen LogP contribution is 2.29. The van der Waals surface area contributed by atoms with Gasteiger partial charge in [0, 0.05) is 19.0 Å². The highest BCUT2D eigenvalue weighted by atomic mass is 79.9. The summed E-state index contributed by atoms with van der Waals surface area (Å²) in [7, 11) is 0. The summed E-state index contributed by atoms with van der Waals surface area (Å²) >= 11 is 3.56. The molecular formula is C32H36BrFN2O3. The van der Waals surface area contributed by atoms with Crippen molar-refractivity contribution in [1.82, 2.24) is 10.2 Å². The zero-order valence-electron chi connectivity index (χ0n) is 22.5. The Hall–Kier alpha value is -3.19. The van der Waals surface area contributed by atoms with Crippen molar-refractivity contribution < 1.29 is 18.7 Å². The van der Waals surface area contributed by atoms with E-state index in [4.69, 9.17) is 4.74 Å². The van der Waals surface area contributed by atoms with E-state index in [-0.39, 0.29) is 36.8 Å². The van der Waals surface area contributed by atoms with Crippen LogP contribution < -0.4 is 10.1 Å². The number of carbonyl (C=O) groups excluding carboxylic acids is 2. The number of rotatable bonds is 11. The third-order valence-corrected chi connectivity index (χ3v) is 7.83. The molecule has 0 aromatic heterocycles. The van der Waals surface area contributed by atoms with Crippen molar-refractivity contribution in [2.45, 2.75) is 70.5 Å². The van der Waals surface area contributed by atoms with Gasteiger partial charge >= 0.3 is 0 Å². The molecule has 206 valence electrons. The second kappa shape index (κ2) is 13.7. The first-order valence-corrected chi connectivity index (χ1v) is 14.4. The fraction of sp³-hybridized carbons (Fsp3) is 0.375. The molecule has 39 heavy (non-hydrogen) atoms. The molecule has 1 N–H and O–H groups in total. The monoisotopic (exact) mass is 594 g/mol. The molecule has 3 aromatic carbocycles. The van der Waals surface area contributed by atoms with Gasteiger partial charge < -0.3 is 15.0 Å². The second-order valence-electron chi connectivity index (χ2n) is 10.5. The van der Waals surface area contributed by atoms with Gasteiger partial charge in [-0.05, 0) is 75.6 Å². The minimum absolute atomic E-state index is 0.116. The molecule has 4 rings (SSSR count). The van der Waals surface area contributed by atoms with Gasteiger partial charge in [-0.2, -0.15) is 0 Å². The zero-order valence-corrected chi connectivity index (χ0v) is 24.1. The first kappa shape index (κ1) is 28.8. The number of ether oxygens (including phenoxy) is 1. The predicted octanol–water partition coefficient (Wildman–Crippen LogP) is 6.79. The van der Waals surface area contributed by atoms with E-state index in [0.717, 1.165) is 46.8 Å². The highest BCUT2D eigenvalue weighted by molar-refractivity contribution is 9.10. The molecule has 1 atom stereocenters. The number of benzene rings is 3. The lowest BCUT2D eigenvalue weighted by Gasteiger charge is -2.32. The summed E-state index contributed by atoms with van der Waals surface area (Å²) in [6.45, 7) is 4.15. The smallest absolute Gasteiger partial charge is 0.261 e. The normalized spacial score (nSPS) is 14.3. The second-order valence-corrected chi connectivity index (χ2v) is 11.3. The quantitative estimate of drug-likeness (QED) is 0.266. The van der Waals surface area contributed by atoms with E-state index in [9.17, 15) is 14.0 Å². The Morgan fingerprint density at radius 3 is 2.33 bits per heavy atom. The van der Waals surface area contributed by atoms with Gasteiger partial charge in [0.2, 0.25) is 5.91 Å². The van der Waals surface area contributed by atoms with Crippen LogP contribution in [0.3, 0.4) is 0 Å². The molecule has 1 fully saturated rings. The van der Waals surface area contributed by atoms with Crippen molar-refractivity contribution in [2.75, 3.05) is 6.61 Å². The van der Waals surface area contributed by atoms with Gasteiger partial charge in [0.25, 0.3) is 5.91 Å². The van der Waals surface area contributed by atoms with Crippen molar-refractivity contribution in [3.8, 4) is 5.75 Å². The average molecular weight is 596 g/mol. The molecule has 3 aromatic rings. The predicted molar refractivity (Wildman–Crippen MR) is 155 cm³/mol. The zero-order chi connectivity index (χ0) is 27.8. The summed E-state index contributed by atoms with van der Waals surface area (Å²) in [6.07, 6.45) is 4.42. The van der Waals surface area contributed by atoms with Crippen molar-refractivity contribution in [1.29, 1.82) is 0 Å². The molecule has 1 aliphatic rings. The fourth-order valence-corrected chi connectivity index (χ4v) is 5.43. The van der Waals surface area contributed by atoms with Crippen LogP contribution in [0.4, 0.5) is 4.39 Å². The van der Waals surface area contributed by atoms with E-state index in [1.54, 1.807) is 17.0 Å². The van der Waals surface area contributed by atoms with Gasteiger partial charge in [-0.1, -0.05) is 75.2 Å². The summed E-state index contributed by atoms with van der Waals surface area (Å²) < 4.78 is 20.4. The minimum Gasteiger partial charge on any atom is -0.483 e. The molecule has 0 saturated heterocycles. The molecule has 0 aliphatic heterocycles. The minimum atomic E-state index is -0.749.